The highest BCUT2D eigenvalue weighted by molar-refractivity contribution is 5.97. The van der Waals surface area contributed by atoms with Crippen molar-refractivity contribution >= 4 is 40.3 Å². The molecule has 1 aliphatic carbocycles. The quantitative estimate of drug-likeness (QED) is 0.118. The maximum atomic E-state index is 15.0. The Labute approximate surface area is 440 Å². The van der Waals surface area contributed by atoms with Crippen molar-refractivity contribution in [3.63, 3.8) is 0 Å². The molecule has 8 atom stereocenters. The van der Waals surface area contributed by atoms with Crippen LogP contribution in [0.5, 0.6) is 5.75 Å². The number of carbonyl (C=O) groups is 4. The van der Waals surface area contributed by atoms with E-state index in [9.17, 15) is 19.5 Å². The Morgan fingerprint density at radius 2 is 1.76 bits per heavy atom. The number of phenols is 1. The van der Waals surface area contributed by atoms with E-state index in [1.807, 2.05) is 63.4 Å². The second-order valence-corrected chi connectivity index (χ2v) is 22.7. The zero-order chi connectivity index (χ0) is 53.0. The minimum Gasteiger partial charge on any atom is -0.508 e. The van der Waals surface area contributed by atoms with Crippen molar-refractivity contribution in [3.05, 3.63) is 101 Å². The van der Waals surface area contributed by atoms with Gasteiger partial charge in [0, 0.05) is 93.6 Å². The van der Waals surface area contributed by atoms with Crippen LogP contribution in [0, 0.1) is 17.3 Å². The number of phenolic OH excluding ortho intramolecular Hbond substituents is 1. The van der Waals surface area contributed by atoms with Gasteiger partial charge in [0.05, 0.1) is 42.0 Å². The second kappa shape index (κ2) is 21.0. The fraction of sp³-hybridized carbons (Fsp3) is 0.508. The predicted octanol–water partition coefficient (Wildman–Crippen LogP) is 6.87. The molecule has 16 heteroatoms. The van der Waals surface area contributed by atoms with Gasteiger partial charge in [0.2, 0.25) is 5.91 Å². The number of hydrogen-bond acceptors (Lipinski definition) is 12. The van der Waals surface area contributed by atoms with E-state index in [4.69, 9.17) is 19.2 Å². The first-order valence-corrected chi connectivity index (χ1v) is 26.9. The lowest BCUT2D eigenvalue weighted by Crippen LogP contribution is -2.59. The Bertz CT molecular complexity index is 2970. The van der Waals surface area contributed by atoms with Crippen LogP contribution < -0.4 is 15.6 Å². The number of rotatable bonds is 11. The third-order valence-corrected chi connectivity index (χ3v) is 16.4. The topological polar surface area (TPSA) is 171 Å². The molecule has 2 aromatic heterocycles. The Balaban J connectivity index is 1.05. The van der Waals surface area contributed by atoms with Crippen LogP contribution >= 0.6 is 0 Å². The molecule has 1 saturated carbocycles. The number of aryl methyl sites for hydroxylation is 1. The first-order valence-electron chi connectivity index (χ1n) is 26.9. The van der Waals surface area contributed by atoms with Crippen molar-refractivity contribution in [2.45, 2.75) is 116 Å². The summed E-state index contributed by atoms with van der Waals surface area (Å²) in [6.45, 7) is 17.0. The van der Waals surface area contributed by atoms with Crippen LogP contribution in [0.1, 0.15) is 88.8 Å². The third kappa shape index (κ3) is 10.3. The summed E-state index contributed by atoms with van der Waals surface area (Å²) in [4.78, 5) is 69.8. The van der Waals surface area contributed by atoms with Crippen LogP contribution in [0.3, 0.4) is 0 Å². The molecule has 3 aromatic carbocycles. The van der Waals surface area contributed by atoms with Crippen molar-refractivity contribution in [2.75, 3.05) is 65.5 Å². The minimum absolute atomic E-state index is 0.00646. The first-order chi connectivity index (χ1) is 35.9. The molecule has 3 amide bonds. The molecule has 6 heterocycles. The number of nitrogens with zero attached hydrogens (tertiary/aromatic N) is 6. The number of anilines is 1. The Kier molecular flexibility index (Phi) is 14.6. The largest absolute Gasteiger partial charge is 0.508 e. The van der Waals surface area contributed by atoms with E-state index < -0.39 is 47.4 Å². The molecule has 5 aromatic rings. The monoisotopic (exact) mass is 1020 g/mol. The average Bonchev–Trinajstić information content (AvgIpc) is 3.69. The first kappa shape index (κ1) is 52.1. The number of carbonyl (C=O) groups excluding carboxylic acids is 4. The highest BCUT2D eigenvalue weighted by atomic mass is 16.5. The summed E-state index contributed by atoms with van der Waals surface area (Å²) in [5.74, 6) is -2.34. The van der Waals surface area contributed by atoms with Gasteiger partial charge in [-0.2, -0.15) is 0 Å². The highest BCUT2D eigenvalue weighted by Crippen LogP contribution is 2.46. The number of benzene rings is 3. The number of fused-ring (bicyclic) bond motifs is 9. The van der Waals surface area contributed by atoms with Gasteiger partial charge >= 0.3 is 5.97 Å². The van der Waals surface area contributed by atoms with E-state index in [1.165, 1.54) is 9.91 Å². The summed E-state index contributed by atoms with van der Waals surface area (Å²) < 4.78 is 20.7. The number of ether oxygens (including phenoxy) is 3. The predicted molar refractivity (Wildman–Crippen MR) is 288 cm³/mol. The molecule has 6 bridgehead atoms. The summed E-state index contributed by atoms with van der Waals surface area (Å²) in [6, 6.07) is 20.6. The zero-order valence-corrected chi connectivity index (χ0v) is 45.0. The Morgan fingerprint density at radius 3 is 2.48 bits per heavy atom. The third-order valence-electron chi connectivity index (χ3n) is 16.4. The molecular formula is C59H74N8O8. The maximum absolute atomic E-state index is 15.0. The fourth-order valence-corrected chi connectivity index (χ4v) is 12.2. The zero-order valence-electron chi connectivity index (χ0n) is 45.0. The van der Waals surface area contributed by atoms with Crippen LogP contribution in [0.2, 0.25) is 0 Å². The van der Waals surface area contributed by atoms with Crippen LogP contribution in [0.25, 0.3) is 33.3 Å². The van der Waals surface area contributed by atoms with Gasteiger partial charge in [0.15, 0.2) is 0 Å². The van der Waals surface area contributed by atoms with Gasteiger partial charge in [0.25, 0.3) is 11.8 Å². The Hall–Kier alpha value is -6.33. The average molecular weight is 1020 g/mol. The Morgan fingerprint density at radius 1 is 1.00 bits per heavy atom. The number of cyclic esters (lactones) is 1. The van der Waals surface area contributed by atoms with Crippen molar-refractivity contribution < 1.29 is 38.5 Å². The summed E-state index contributed by atoms with van der Waals surface area (Å²) in [6.07, 6.45) is 2.71. The van der Waals surface area contributed by atoms with E-state index >= 15 is 4.79 Å². The van der Waals surface area contributed by atoms with Gasteiger partial charge in [-0.3, -0.25) is 29.2 Å². The second-order valence-electron chi connectivity index (χ2n) is 22.7. The molecule has 4 aliphatic heterocycles. The van der Waals surface area contributed by atoms with Gasteiger partial charge in [-0.15, -0.1) is 0 Å². The number of hydrogen-bond donors (Lipinski definition) is 3. The number of hydrazine groups is 1. The number of methoxy groups -OCH3 is 1. The standard InChI is InChI=1S/C59H74N8O8/c1-10-66-48-17-16-38-28-43(48)46(53(66)45-29-40(32-60-50(45)35(4)73-9)65-21-19-63(7)20-22-65)31-59(5,6)33-75-58(72)51-44-30-49(44)67(62-51)56(70)47(26-36-24-39(38)27-41(68)25-36)61-55(69)52(34(2)3)64(8)57(71)54-42(18-23-74-54)37-14-12-11-13-15-37/h11-17,24-25,27-29,32,34-35,42,44,47,49,51-52,54,62,68H,10,18-23,26,30-31,33H2,1-9H3,(H,61,69)/t35-,42+,44?,47-,49?,51?,52-,54+/m0/s1. The molecule has 0 spiro atoms. The van der Waals surface area contributed by atoms with E-state index in [2.05, 4.69) is 77.2 Å². The molecule has 16 nitrogen and oxygen atoms in total. The molecule has 4 fully saturated rings. The van der Waals surface area contributed by atoms with E-state index in [1.54, 1.807) is 26.3 Å². The van der Waals surface area contributed by atoms with Crippen LogP contribution in [-0.2, 0) is 52.8 Å². The summed E-state index contributed by atoms with van der Waals surface area (Å²) in [5.41, 5.74) is 11.8. The lowest BCUT2D eigenvalue weighted by atomic mass is 9.84. The number of likely N-dealkylation sites (N-methyl/N-ethyl adjacent to an activating group) is 2. The highest BCUT2D eigenvalue weighted by Gasteiger charge is 2.59. The number of esters is 1. The molecule has 398 valence electrons. The summed E-state index contributed by atoms with van der Waals surface area (Å²) in [5, 5.41) is 17.1. The van der Waals surface area contributed by atoms with E-state index in [0.29, 0.717) is 38.0 Å². The van der Waals surface area contributed by atoms with Gasteiger partial charge in [-0.25, -0.2) is 5.43 Å². The normalized spacial score (nSPS) is 24.7. The van der Waals surface area contributed by atoms with Crippen LogP contribution in [0.15, 0.2) is 79.0 Å². The molecule has 3 unspecified atom stereocenters. The van der Waals surface area contributed by atoms with E-state index in [-0.39, 0.29) is 54.6 Å². The lowest BCUT2D eigenvalue weighted by Gasteiger charge is -2.34. The summed E-state index contributed by atoms with van der Waals surface area (Å²) >= 11 is 0. The van der Waals surface area contributed by atoms with Gasteiger partial charge in [0.1, 0.15) is 30.0 Å². The number of pyridine rings is 1. The van der Waals surface area contributed by atoms with Crippen molar-refractivity contribution in [1.29, 1.82) is 0 Å². The van der Waals surface area contributed by atoms with Crippen molar-refractivity contribution in [3.8, 4) is 28.1 Å². The maximum Gasteiger partial charge on any atom is 0.325 e. The fourth-order valence-electron chi connectivity index (χ4n) is 12.2. The number of aromatic nitrogens is 2. The van der Waals surface area contributed by atoms with Crippen LogP contribution in [0.4, 0.5) is 5.69 Å². The van der Waals surface area contributed by atoms with Crippen LogP contribution in [-0.4, -0.2) is 144 Å². The SMILES string of the molecule is CCn1c(-c2cc(N3CCN(C)CC3)cnc2[C@H](C)OC)c2c3cc(ccc31)-c1cc(O)cc(c1)C[C@H](NC(=O)[C@H](C(C)C)N(C)C(=O)[C@@H]1OCC[C@@H]1c1ccccc1)C(=O)N1NC(C(=O)OCC(C)(C)C2)C2CC21. The number of piperazine rings is 1. The van der Waals surface area contributed by atoms with Gasteiger partial charge < -0.3 is 43.9 Å². The smallest absolute Gasteiger partial charge is 0.325 e. The minimum atomic E-state index is -1.15. The lowest BCUT2D eigenvalue weighted by molar-refractivity contribution is -0.151. The van der Waals surface area contributed by atoms with Crippen molar-refractivity contribution in [1.82, 2.24) is 35.1 Å². The van der Waals surface area contributed by atoms with E-state index in [0.717, 1.165) is 82.0 Å². The number of amides is 3. The number of nitrogens with one attached hydrogen (secondary N) is 2. The van der Waals surface area contributed by atoms with Gasteiger partial charge in [-0.1, -0.05) is 70.2 Å². The molecule has 3 N–H and O–H groups in total. The van der Waals surface area contributed by atoms with Gasteiger partial charge in [-0.05, 0) is 104 Å². The molecule has 5 aliphatic rings. The molecule has 0 radical (unpaired) electrons. The molecule has 3 saturated heterocycles. The molecule has 10 rings (SSSR count). The number of aromatic hydroxyl groups is 1. The summed E-state index contributed by atoms with van der Waals surface area (Å²) in [7, 11) is 5.48. The van der Waals surface area contributed by atoms with Crippen molar-refractivity contribution in [2.24, 2.45) is 17.3 Å². The molecule has 75 heavy (non-hydrogen) atoms. The molecular weight excluding hydrogens is 949 g/mol.